The standard InChI is InChI=1S/C45H49N3O7/c1-55-41-23-30-9-11-40(52)37(14-17-49)44(54)42-33(24-39-36(13-16-46-39)38(42)25-35(51)10-8-27-4-3-7-34(50)22-27)26-48-45-31(12-15-47-45)19-28-5-2-6-29(18-28)20-32(21-30)43(41)53/h2-7,12-13,15-16,18,21-24,35,37-38,42,46-51,53H,8-11,14,17,19-20,25-26H2,1H3. The monoisotopic (exact) mass is 743 g/mol. The third-order valence-electron chi connectivity index (χ3n) is 11.2. The van der Waals surface area contributed by atoms with Crippen LogP contribution >= 0.6 is 0 Å². The first-order valence-electron chi connectivity index (χ1n) is 19.1. The van der Waals surface area contributed by atoms with Crippen LogP contribution < -0.4 is 10.1 Å². The van der Waals surface area contributed by atoms with E-state index >= 15 is 0 Å². The number of aromatic hydroxyl groups is 2. The van der Waals surface area contributed by atoms with E-state index in [4.69, 9.17) is 4.74 Å². The van der Waals surface area contributed by atoms with Crippen LogP contribution in [0.1, 0.15) is 76.2 Å². The number of carbonyl (C=O) groups excluding carboxylic acids is 2. The molecule has 3 aromatic carbocycles. The van der Waals surface area contributed by atoms with Gasteiger partial charge in [-0.25, -0.2) is 0 Å². The van der Waals surface area contributed by atoms with Crippen molar-refractivity contribution in [3.63, 3.8) is 0 Å². The molecule has 4 unspecified atom stereocenters. The Hall–Kier alpha value is -5.58. The van der Waals surface area contributed by atoms with E-state index in [1.54, 1.807) is 24.3 Å². The number of aromatic amines is 2. The van der Waals surface area contributed by atoms with Gasteiger partial charge in [-0.2, -0.15) is 0 Å². The largest absolute Gasteiger partial charge is 0.508 e. The number of hydrogen-bond acceptors (Lipinski definition) is 8. The number of aromatic nitrogens is 2. The average molecular weight is 744 g/mol. The first-order chi connectivity index (χ1) is 26.7. The first-order valence-corrected chi connectivity index (χ1v) is 19.1. The molecule has 2 aromatic heterocycles. The van der Waals surface area contributed by atoms with Crippen LogP contribution in [0.25, 0.3) is 6.08 Å². The molecular formula is C45H49N3O7. The number of aryl methyl sites for hydroxylation is 2. The Labute approximate surface area is 320 Å². The smallest absolute Gasteiger partial charge is 0.161 e. The number of methoxy groups -OCH3 is 1. The third-order valence-corrected chi connectivity index (χ3v) is 11.2. The number of carbonyl (C=O) groups is 2. The van der Waals surface area contributed by atoms with Gasteiger partial charge < -0.3 is 40.4 Å². The molecule has 0 amide bonds. The number of ether oxygens (including phenoxy) is 1. The number of aliphatic hydroxyl groups excluding tert-OH is 2. The highest BCUT2D eigenvalue weighted by Crippen LogP contribution is 2.44. The van der Waals surface area contributed by atoms with Gasteiger partial charge in [0, 0.05) is 67.9 Å². The molecule has 286 valence electrons. The normalized spacial score (nSPS) is 19.4. The van der Waals surface area contributed by atoms with Crippen molar-refractivity contribution in [3.05, 3.63) is 135 Å². The topological polar surface area (TPSA) is 168 Å². The van der Waals surface area contributed by atoms with Crippen LogP contribution in [0.4, 0.5) is 5.82 Å². The lowest BCUT2D eigenvalue weighted by Crippen LogP contribution is -2.38. The number of phenolic OH excluding ortho intramolecular Hbond substituents is 2. The summed E-state index contributed by atoms with van der Waals surface area (Å²) < 4.78 is 5.54. The zero-order valence-corrected chi connectivity index (χ0v) is 31.1. The molecule has 10 heteroatoms. The molecule has 4 atom stereocenters. The second-order valence-electron chi connectivity index (χ2n) is 14.9. The van der Waals surface area contributed by atoms with Crippen molar-refractivity contribution in [2.24, 2.45) is 11.8 Å². The maximum Gasteiger partial charge on any atom is 0.161 e. The van der Waals surface area contributed by atoms with Crippen LogP contribution in [0.5, 0.6) is 17.2 Å². The number of phenols is 2. The number of anilines is 1. The van der Waals surface area contributed by atoms with Crippen molar-refractivity contribution in [1.82, 2.24) is 9.97 Å². The minimum absolute atomic E-state index is 0.0117. The van der Waals surface area contributed by atoms with Crippen molar-refractivity contribution in [2.75, 3.05) is 25.6 Å². The van der Waals surface area contributed by atoms with Crippen LogP contribution in [0.3, 0.4) is 0 Å². The molecular weight excluding hydrogens is 695 g/mol. The van der Waals surface area contributed by atoms with E-state index in [1.807, 2.05) is 54.9 Å². The quantitative estimate of drug-likeness (QED) is 0.0871. The summed E-state index contributed by atoms with van der Waals surface area (Å²) in [7, 11) is 1.50. The molecule has 1 aliphatic heterocycles. The van der Waals surface area contributed by atoms with E-state index in [0.717, 1.165) is 50.5 Å². The zero-order valence-electron chi connectivity index (χ0n) is 31.1. The molecule has 7 rings (SSSR count). The number of nitrogens with one attached hydrogen (secondary N) is 3. The lowest BCUT2D eigenvalue weighted by molar-refractivity contribution is -0.135. The molecule has 7 N–H and O–H groups in total. The fourth-order valence-corrected chi connectivity index (χ4v) is 8.42. The summed E-state index contributed by atoms with van der Waals surface area (Å²) in [5.41, 5.74) is 8.07. The highest BCUT2D eigenvalue weighted by Gasteiger charge is 2.42. The Morgan fingerprint density at radius 1 is 0.873 bits per heavy atom. The summed E-state index contributed by atoms with van der Waals surface area (Å²) in [6, 6.07) is 22.8. The van der Waals surface area contributed by atoms with Crippen LogP contribution in [-0.4, -0.2) is 68.3 Å². The molecule has 1 aliphatic carbocycles. The van der Waals surface area contributed by atoms with Crippen LogP contribution in [0.15, 0.2) is 90.8 Å². The number of benzene rings is 3. The van der Waals surface area contributed by atoms with Gasteiger partial charge in [0.1, 0.15) is 17.4 Å². The highest BCUT2D eigenvalue weighted by molar-refractivity contribution is 6.05. The van der Waals surface area contributed by atoms with E-state index in [1.165, 1.54) is 7.11 Å². The predicted molar refractivity (Wildman–Crippen MR) is 212 cm³/mol. The molecule has 0 radical (unpaired) electrons. The number of Topliss-reactive ketones (excluding diaryl/α,β-unsaturated/α-hetero) is 2. The number of rotatable bonds is 8. The van der Waals surface area contributed by atoms with E-state index in [0.29, 0.717) is 50.0 Å². The summed E-state index contributed by atoms with van der Waals surface area (Å²) in [4.78, 5) is 35.8. The fourth-order valence-electron chi connectivity index (χ4n) is 8.42. The van der Waals surface area contributed by atoms with Gasteiger partial charge in [0.15, 0.2) is 17.3 Å². The molecule has 5 aromatic rings. The van der Waals surface area contributed by atoms with Crippen LogP contribution in [0.2, 0.25) is 0 Å². The summed E-state index contributed by atoms with van der Waals surface area (Å²) in [5.74, 6) is -1.43. The van der Waals surface area contributed by atoms with Gasteiger partial charge in [0.05, 0.1) is 19.1 Å². The van der Waals surface area contributed by atoms with Gasteiger partial charge in [-0.15, -0.1) is 0 Å². The number of H-pyrrole nitrogens is 2. The average Bonchev–Trinajstić information content (AvgIpc) is 3.84. The molecule has 3 heterocycles. The number of aliphatic hydroxyl groups is 2. The minimum atomic E-state index is -1.06. The van der Waals surface area contributed by atoms with Gasteiger partial charge in [0.2, 0.25) is 0 Å². The fraction of sp³-hybridized carbons (Fsp3) is 0.333. The lowest BCUT2D eigenvalue weighted by Gasteiger charge is -2.35. The molecule has 0 saturated heterocycles. The number of fused-ring (bicyclic) bond motifs is 7. The van der Waals surface area contributed by atoms with Crippen molar-refractivity contribution < 1.29 is 34.8 Å². The Morgan fingerprint density at radius 2 is 1.65 bits per heavy atom. The molecule has 0 fully saturated rings. The second kappa shape index (κ2) is 16.8. The molecule has 0 saturated carbocycles. The number of hydrogen-bond donors (Lipinski definition) is 7. The maximum absolute atomic E-state index is 15.0. The summed E-state index contributed by atoms with van der Waals surface area (Å²) >= 11 is 0. The van der Waals surface area contributed by atoms with Crippen molar-refractivity contribution in [3.8, 4) is 17.2 Å². The van der Waals surface area contributed by atoms with Crippen LogP contribution in [-0.2, 0) is 35.3 Å². The Balaban J connectivity index is 1.26. The SMILES string of the molecule is COc1cc2cc(c1O)Cc1cccc(c1)Cc1cc[nH]c1NCC1=Cc3[nH]ccc3C(CC(O)CCc3cccc(O)c3)C1C(=O)C(CCO)C(=O)CC2. The van der Waals surface area contributed by atoms with Gasteiger partial charge in [-0.1, -0.05) is 42.5 Å². The van der Waals surface area contributed by atoms with Crippen molar-refractivity contribution in [1.29, 1.82) is 0 Å². The summed E-state index contributed by atoms with van der Waals surface area (Å²) in [6.07, 6.45) is 7.62. The molecule has 55 heavy (non-hydrogen) atoms. The van der Waals surface area contributed by atoms with Gasteiger partial charge >= 0.3 is 0 Å². The van der Waals surface area contributed by atoms with Crippen molar-refractivity contribution >= 4 is 23.5 Å². The second-order valence-corrected chi connectivity index (χ2v) is 14.9. The summed E-state index contributed by atoms with van der Waals surface area (Å²) in [6.45, 7) is -0.0243. The van der Waals surface area contributed by atoms with Gasteiger partial charge in [0.25, 0.3) is 0 Å². The number of ketones is 2. The zero-order chi connectivity index (χ0) is 38.5. The predicted octanol–water partition coefficient (Wildman–Crippen LogP) is 6.62. The molecule has 4 bridgehead atoms. The van der Waals surface area contributed by atoms with E-state index < -0.39 is 23.9 Å². The minimum Gasteiger partial charge on any atom is -0.508 e. The Morgan fingerprint density at radius 3 is 2.44 bits per heavy atom. The Kier molecular flexibility index (Phi) is 11.5. The highest BCUT2D eigenvalue weighted by atomic mass is 16.5. The van der Waals surface area contributed by atoms with Gasteiger partial charge in [-0.3, -0.25) is 9.59 Å². The third kappa shape index (κ3) is 8.56. The van der Waals surface area contributed by atoms with Crippen LogP contribution in [0, 0.1) is 11.8 Å². The molecule has 2 aliphatic rings. The van der Waals surface area contributed by atoms with Gasteiger partial charge in [-0.05, 0) is 107 Å². The first kappa shape index (κ1) is 37.7. The van der Waals surface area contributed by atoms with E-state index in [-0.39, 0.29) is 48.9 Å². The maximum atomic E-state index is 15.0. The van der Waals surface area contributed by atoms with E-state index in [2.05, 4.69) is 27.4 Å². The van der Waals surface area contributed by atoms with Crippen molar-refractivity contribution in [2.45, 2.75) is 63.4 Å². The summed E-state index contributed by atoms with van der Waals surface area (Å²) in [5, 5.41) is 46.4. The molecule has 0 spiro atoms. The molecule has 10 nitrogen and oxygen atoms in total. The Bertz CT molecular complexity index is 2180. The lowest BCUT2D eigenvalue weighted by atomic mass is 9.68. The van der Waals surface area contributed by atoms with E-state index in [9.17, 15) is 30.0 Å².